The van der Waals surface area contributed by atoms with Gasteiger partial charge in [0.2, 0.25) is 0 Å². The number of nitrogens with two attached hydrogens (primary N) is 1. The first-order chi connectivity index (χ1) is 3.72. The van der Waals surface area contributed by atoms with Gasteiger partial charge in [-0.2, -0.15) is 0 Å². The standard InChI is InChI=1S/C5H10BrNO/c1-2-4(7)5(8)3-6/h4H,2-3,7H2,1H3/t4-/m0/s1. The Kier molecular flexibility index (Phi) is 4.09. The van der Waals surface area contributed by atoms with E-state index in [1.54, 1.807) is 0 Å². The fourth-order valence-electron chi connectivity index (χ4n) is 0.327. The third-order valence-electron chi connectivity index (χ3n) is 0.985. The van der Waals surface area contributed by atoms with Crippen molar-refractivity contribution in [2.75, 3.05) is 5.33 Å². The average molecular weight is 180 g/mol. The van der Waals surface area contributed by atoms with Crippen molar-refractivity contribution in [2.24, 2.45) is 5.73 Å². The number of halogens is 1. The van der Waals surface area contributed by atoms with Gasteiger partial charge in [-0.3, -0.25) is 4.79 Å². The lowest BCUT2D eigenvalue weighted by atomic mass is 10.2. The van der Waals surface area contributed by atoms with Crippen LogP contribution in [0.1, 0.15) is 13.3 Å². The van der Waals surface area contributed by atoms with Gasteiger partial charge in [0.05, 0.1) is 11.4 Å². The fourth-order valence-corrected chi connectivity index (χ4v) is 0.743. The van der Waals surface area contributed by atoms with Crippen molar-refractivity contribution in [2.45, 2.75) is 19.4 Å². The van der Waals surface area contributed by atoms with Crippen LogP contribution in [-0.4, -0.2) is 17.2 Å². The van der Waals surface area contributed by atoms with Gasteiger partial charge in [0.1, 0.15) is 0 Å². The second-order valence-electron chi connectivity index (χ2n) is 1.61. The highest BCUT2D eigenvalue weighted by molar-refractivity contribution is 9.09. The molecule has 0 rings (SSSR count). The molecule has 48 valence electrons. The third kappa shape index (κ3) is 2.43. The summed E-state index contributed by atoms with van der Waals surface area (Å²) in [7, 11) is 0. The van der Waals surface area contributed by atoms with Gasteiger partial charge in [-0.05, 0) is 6.42 Å². The van der Waals surface area contributed by atoms with Gasteiger partial charge >= 0.3 is 0 Å². The van der Waals surface area contributed by atoms with Gasteiger partial charge in [-0.15, -0.1) is 0 Å². The number of hydrogen-bond acceptors (Lipinski definition) is 2. The highest BCUT2D eigenvalue weighted by Crippen LogP contribution is 1.91. The van der Waals surface area contributed by atoms with E-state index in [2.05, 4.69) is 15.9 Å². The summed E-state index contributed by atoms with van der Waals surface area (Å²) in [6.45, 7) is 1.89. The van der Waals surface area contributed by atoms with E-state index in [0.29, 0.717) is 5.33 Å². The Bertz CT molecular complexity index is 84.5. The molecule has 0 aromatic carbocycles. The lowest BCUT2D eigenvalue weighted by Gasteiger charge is -2.01. The molecule has 0 aliphatic heterocycles. The molecule has 3 heteroatoms. The van der Waals surface area contributed by atoms with Crippen LogP contribution in [0.4, 0.5) is 0 Å². The van der Waals surface area contributed by atoms with Gasteiger partial charge in [-0.1, -0.05) is 22.9 Å². The van der Waals surface area contributed by atoms with Crippen LogP contribution in [0, 0.1) is 0 Å². The summed E-state index contributed by atoms with van der Waals surface area (Å²) in [5, 5.41) is 0.377. The number of carbonyl (C=O) groups is 1. The molecule has 2 nitrogen and oxygen atoms in total. The third-order valence-corrected chi connectivity index (χ3v) is 1.54. The summed E-state index contributed by atoms with van der Waals surface area (Å²) in [4.78, 5) is 10.6. The number of ketones is 1. The number of hydrogen-bond donors (Lipinski definition) is 1. The quantitative estimate of drug-likeness (QED) is 0.649. The minimum Gasteiger partial charge on any atom is -0.321 e. The predicted molar refractivity (Wildman–Crippen MR) is 37.1 cm³/mol. The number of carbonyl (C=O) groups excluding carboxylic acids is 1. The van der Waals surface area contributed by atoms with E-state index in [1.165, 1.54) is 0 Å². The second kappa shape index (κ2) is 4.04. The van der Waals surface area contributed by atoms with Crippen molar-refractivity contribution in [1.82, 2.24) is 0 Å². The maximum Gasteiger partial charge on any atom is 0.159 e. The van der Waals surface area contributed by atoms with Crippen LogP contribution in [0.15, 0.2) is 0 Å². The van der Waals surface area contributed by atoms with E-state index in [0.717, 1.165) is 6.42 Å². The first kappa shape index (κ1) is 8.11. The van der Waals surface area contributed by atoms with Crippen LogP contribution in [0.5, 0.6) is 0 Å². The van der Waals surface area contributed by atoms with Crippen LogP contribution < -0.4 is 5.73 Å². The molecule has 0 aliphatic rings. The Morgan fingerprint density at radius 1 is 1.88 bits per heavy atom. The summed E-state index contributed by atoms with van der Waals surface area (Å²) in [5.41, 5.74) is 5.35. The molecule has 2 N–H and O–H groups in total. The van der Waals surface area contributed by atoms with E-state index in [1.807, 2.05) is 6.92 Å². The largest absolute Gasteiger partial charge is 0.321 e. The first-order valence-electron chi connectivity index (χ1n) is 2.56. The molecule has 0 unspecified atom stereocenters. The van der Waals surface area contributed by atoms with E-state index < -0.39 is 0 Å². The predicted octanol–water partition coefficient (Wildman–Crippen LogP) is 0.688. The van der Waals surface area contributed by atoms with Crippen molar-refractivity contribution < 1.29 is 4.79 Å². The average Bonchev–Trinajstić information content (AvgIpc) is 1.84. The van der Waals surface area contributed by atoms with Crippen LogP contribution >= 0.6 is 15.9 Å². The SMILES string of the molecule is CC[C@H](N)C(=O)CBr. The molecule has 0 amide bonds. The van der Waals surface area contributed by atoms with E-state index in [9.17, 15) is 4.79 Å². The van der Waals surface area contributed by atoms with Crippen LogP contribution in [0.3, 0.4) is 0 Å². The van der Waals surface area contributed by atoms with Crippen LogP contribution in [0.2, 0.25) is 0 Å². The molecule has 0 aromatic rings. The smallest absolute Gasteiger partial charge is 0.159 e. The maximum absolute atomic E-state index is 10.6. The van der Waals surface area contributed by atoms with Crippen molar-refractivity contribution in [3.8, 4) is 0 Å². The summed E-state index contributed by atoms with van der Waals surface area (Å²) in [6.07, 6.45) is 0.727. The minimum absolute atomic E-state index is 0.0764. The molecule has 0 saturated carbocycles. The Hall–Kier alpha value is 0.110. The Morgan fingerprint density at radius 2 is 2.38 bits per heavy atom. The molecule has 0 aromatic heterocycles. The van der Waals surface area contributed by atoms with Gasteiger partial charge in [0.15, 0.2) is 5.78 Å². The molecular formula is C5H10BrNO. The molecule has 0 heterocycles. The van der Waals surface area contributed by atoms with E-state index >= 15 is 0 Å². The van der Waals surface area contributed by atoms with Crippen molar-refractivity contribution in [3.05, 3.63) is 0 Å². The first-order valence-corrected chi connectivity index (χ1v) is 3.68. The Labute approximate surface area is 57.6 Å². The summed E-state index contributed by atoms with van der Waals surface area (Å²) >= 11 is 3.03. The Balaban J connectivity index is 3.46. The summed E-state index contributed by atoms with van der Waals surface area (Å²) in [6, 6.07) is -0.269. The highest BCUT2D eigenvalue weighted by Gasteiger charge is 2.07. The maximum atomic E-state index is 10.6. The van der Waals surface area contributed by atoms with Gasteiger partial charge in [0, 0.05) is 0 Å². The topological polar surface area (TPSA) is 43.1 Å². The second-order valence-corrected chi connectivity index (χ2v) is 2.18. The molecule has 0 aliphatic carbocycles. The highest BCUT2D eigenvalue weighted by atomic mass is 79.9. The lowest BCUT2D eigenvalue weighted by Crippen LogP contribution is -2.30. The molecule has 0 radical (unpaired) electrons. The zero-order valence-corrected chi connectivity index (χ0v) is 6.44. The van der Waals surface area contributed by atoms with Crippen molar-refractivity contribution in [3.63, 3.8) is 0 Å². The number of alkyl halides is 1. The Morgan fingerprint density at radius 3 is 2.50 bits per heavy atom. The molecular weight excluding hydrogens is 170 g/mol. The number of rotatable bonds is 3. The number of Topliss-reactive ketones (excluding diaryl/α,β-unsaturated/α-hetero) is 1. The van der Waals surface area contributed by atoms with Crippen molar-refractivity contribution in [1.29, 1.82) is 0 Å². The normalized spacial score (nSPS) is 13.4. The minimum atomic E-state index is -0.269. The zero-order valence-electron chi connectivity index (χ0n) is 4.86. The fraction of sp³-hybridized carbons (Fsp3) is 0.800. The van der Waals surface area contributed by atoms with Crippen molar-refractivity contribution >= 4 is 21.7 Å². The van der Waals surface area contributed by atoms with Gasteiger partial charge < -0.3 is 5.73 Å². The molecule has 0 saturated heterocycles. The zero-order chi connectivity index (χ0) is 6.57. The summed E-state index contributed by atoms with van der Waals surface area (Å²) in [5.74, 6) is 0.0764. The molecule has 0 fully saturated rings. The van der Waals surface area contributed by atoms with E-state index in [4.69, 9.17) is 5.73 Å². The van der Waals surface area contributed by atoms with Crippen LogP contribution in [0.25, 0.3) is 0 Å². The molecule has 0 bridgehead atoms. The van der Waals surface area contributed by atoms with Gasteiger partial charge in [-0.25, -0.2) is 0 Å². The lowest BCUT2D eigenvalue weighted by molar-refractivity contribution is -0.117. The van der Waals surface area contributed by atoms with E-state index in [-0.39, 0.29) is 11.8 Å². The molecule has 1 atom stereocenters. The summed E-state index contributed by atoms with van der Waals surface area (Å²) < 4.78 is 0. The molecule has 8 heavy (non-hydrogen) atoms. The van der Waals surface area contributed by atoms with Crippen LogP contribution in [-0.2, 0) is 4.79 Å². The monoisotopic (exact) mass is 179 g/mol. The van der Waals surface area contributed by atoms with Gasteiger partial charge in [0.25, 0.3) is 0 Å². The molecule has 0 spiro atoms.